The fraction of sp³-hybridized carbons (Fsp3) is 0.846. The molecule has 0 bridgehead atoms. The van der Waals surface area contributed by atoms with Gasteiger partial charge in [-0.1, -0.05) is 0 Å². The van der Waals surface area contributed by atoms with Crippen LogP contribution in [-0.4, -0.2) is 40.3 Å². The number of piperidine rings is 1. The molecule has 0 N–H and O–H groups in total. The highest BCUT2D eigenvalue weighted by Crippen LogP contribution is 2.33. The van der Waals surface area contributed by atoms with Gasteiger partial charge in [0, 0.05) is 13.1 Å². The standard InChI is InChI=1S/C13H22INO4/c1-12(2,3)19-11(17)15-7-5-13(4,6-8-15)10(16)18-9-14/h5-9H2,1-4H3. The topological polar surface area (TPSA) is 55.8 Å². The molecule has 1 aliphatic rings. The number of halogens is 1. The molecule has 0 radical (unpaired) electrons. The van der Waals surface area contributed by atoms with Crippen LogP contribution in [-0.2, 0) is 14.3 Å². The van der Waals surface area contributed by atoms with Crippen LogP contribution < -0.4 is 0 Å². The molecule has 19 heavy (non-hydrogen) atoms. The minimum atomic E-state index is -0.488. The quantitative estimate of drug-likeness (QED) is 0.418. The molecular formula is C13H22INO4. The number of likely N-dealkylation sites (tertiary alicyclic amines) is 1. The molecule has 0 aliphatic carbocycles. The number of rotatable bonds is 2. The summed E-state index contributed by atoms with van der Waals surface area (Å²) in [6, 6.07) is 0. The van der Waals surface area contributed by atoms with Crippen LogP contribution in [0.5, 0.6) is 0 Å². The molecule has 0 saturated carbocycles. The van der Waals surface area contributed by atoms with Crippen molar-refractivity contribution in [3.05, 3.63) is 0 Å². The molecule has 6 heteroatoms. The third-order valence-electron chi connectivity index (χ3n) is 3.20. The fourth-order valence-electron chi connectivity index (χ4n) is 1.94. The largest absolute Gasteiger partial charge is 0.455 e. The molecule has 1 saturated heterocycles. The zero-order valence-corrected chi connectivity index (χ0v) is 14.2. The average molecular weight is 383 g/mol. The summed E-state index contributed by atoms with van der Waals surface area (Å²) in [6.45, 7) is 8.49. The van der Waals surface area contributed by atoms with Gasteiger partial charge in [0.05, 0.1) is 5.41 Å². The van der Waals surface area contributed by atoms with E-state index in [1.807, 2.05) is 50.3 Å². The molecule has 1 amide bonds. The third kappa shape index (κ3) is 4.81. The van der Waals surface area contributed by atoms with Crippen LogP contribution in [0.15, 0.2) is 0 Å². The molecule has 1 rings (SSSR count). The van der Waals surface area contributed by atoms with Crippen LogP contribution in [0.2, 0.25) is 0 Å². The van der Waals surface area contributed by atoms with Crippen LogP contribution in [0.25, 0.3) is 0 Å². The number of nitrogens with zero attached hydrogens (tertiary/aromatic N) is 1. The molecule has 0 aromatic rings. The summed E-state index contributed by atoms with van der Waals surface area (Å²) in [5.41, 5.74) is -0.971. The van der Waals surface area contributed by atoms with Crippen LogP contribution in [0.3, 0.4) is 0 Å². The number of hydrogen-bond acceptors (Lipinski definition) is 4. The Morgan fingerprint density at radius 3 is 2.21 bits per heavy atom. The van der Waals surface area contributed by atoms with Gasteiger partial charge < -0.3 is 14.4 Å². The van der Waals surface area contributed by atoms with E-state index in [4.69, 9.17) is 9.47 Å². The first kappa shape index (κ1) is 16.5. The third-order valence-corrected chi connectivity index (χ3v) is 3.51. The number of esters is 1. The normalized spacial score (nSPS) is 18.9. The van der Waals surface area contributed by atoms with Gasteiger partial charge in [-0.05, 0) is 63.1 Å². The van der Waals surface area contributed by atoms with Crippen LogP contribution in [0.1, 0.15) is 40.5 Å². The molecule has 1 heterocycles. The summed E-state index contributed by atoms with van der Waals surface area (Å²) < 4.78 is 10.8. The Balaban J connectivity index is 2.53. The molecule has 1 aliphatic heterocycles. The van der Waals surface area contributed by atoms with E-state index in [9.17, 15) is 9.59 Å². The Morgan fingerprint density at radius 1 is 1.26 bits per heavy atom. The van der Waals surface area contributed by atoms with E-state index in [0.29, 0.717) is 30.5 Å². The number of alkyl halides is 1. The first-order valence-electron chi connectivity index (χ1n) is 6.39. The summed E-state index contributed by atoms with van der Waals surface area (Å²) in [7, 11) is 0. The maximum Gasteiger partial charge on any atom is 0.410 e. The second-order valence-electron chi connectivity index (χ2n) is 6.07. The number of hydrogen-bond donors (Lipinski definition) is 0. The Labute approximate surface area is 128 Å². The van der Waals surface area contributed by atoms with Crippen molar-refractivity contribution in [1.29, 1.82) is 0 Å². The number of amides is 1. The Bertz CT molecular complexity index is 343. The lowest BCUT2D eigenvalue weighted by Gasteiger charge is -2.37. The molecule has 0 aromatic heterocycles. The fourth-order valence-corrected chi connectivity index (χ4v) is 2.22. The highest BCUT2D eigenvalue weighted by molar-refractivity contribution is 14.1. The van der Waals surface area contributed by atoms with Gasteiger partial charge in [-0.2, -0.15) is 0 Å². The Morgan fingerprint density at radius 2 is 1.79 bits per heavy atom. The number of carbonyl (C=O) groups excluding carboxylic acids is 2. The first-order valence-corrected chi connectivity index (χ1v) is 7.92. The second-order valence-corrected chi connectivity index (χ2v) is 6.69. The summed E-state index contributed by atoms with van der Waals surface area (Å²) in [5.74, 6) is -0.175. The molecule has 0 spiro atoms. The van der Waals surface area contributed by atoms with Crippen molar-refractivity contribution in [3.8, 4) is 0 Å². The van der Waals surface area contributed by atoms with Crippen LogP contribution in [0, 0.1) is 5.41 Å². The molecule has 1 fully saturated rings. The maximum atomic E-state index is 11.9. The lowest BCUT2D eigenvalue weighted by Crippen LogP contribution is -2.47. The maximum absolute atomic E-state index is 11.9. The summed E-state index contributed by atoms with van der Waals surface area (Å²) in [5, 5.41) is 0. The zero-order chi connectivity index (χ0) is 14.7. The average Bonchev–Trinajstić information content (AvgIpc) is 2.27. The van der Waals surface area contributed by atoms with Crippen molar-refractivity contribution in [2.24, 2.45) is 5.41 Å². The van der Waals surface area contributed by atoms with Crippen molar-refractivity contribution in [3.63, 3.8) is 0 Å². The number of ether oxygens (including phenoxy) is 2. The molecule has 0 unspecified atom stereocenters. The van der Waals surface area contributed by atoms with Crippen molar-refractivity contribution in [2.75, 3.05) is 17.7 Å². The molecule has 0 aromatic carbocycles. The van der Waals surface area contributed by atoms with E-state index in [2.05, 4.69) is 0 Å². The second kappa shape index (κ2) is 6.28. The molecule has 110 valence electrons. The minimum Gasteiger partial charge on any atom is -0.455 e. The van der Waals surface area contributed by atoms with Gasteiger partial charge in [-0.25, -0.2) is 4.79 Å². The zero-order valence-electron chi connectivity index (χ0n) is 12.0. The summed E-state index contributed by atoms with van der Waals surface area (Å²) in [6.07, 6.45) is 0.917. The van der Waals surface area contributed by atoms with E-state index in [-0.39, 0.29) is 12.1 Å². The first-order chi connectivity index (χ1) is 8.68. The highest BCUT2D eigenvalue weighted by atomic mass is 127. The highest BCUT2D eigenvalue weighted by Gasteiger charge is 2.40. The van der Waals surface area contributed by atoms with Crippen molar-refractivity contribution in [1.82, 2.24) is 4.90 Å². The van der Waals surface area contributed by atoms with Gasteiger partial charge in [-0.3, -0.25) is 4.79 Å². The SMILES string of the molecule is CC(C)(C)OC(=O)N1CCC(C)(C(=O)OCI)CC1. The Hall–Kier alpha value is -0.530. The molecule has 5 nitrogen and oxygen atoms in total. The van der Waals surface area contributed by atoms with E-state index in [1.54, 1.807) is 4.90 Å². The Kier molecular flexibility index (Phi) is 5.46. The van der Waals surface area contributed by atoms with E-state index in [1.165, 1.54) is 0 Å². The van der Waals surface area contributed by atoms with Crippen molar-refractivity contribution in [2.45, 2.75) is 46.1 Å². The monoisotopic (exact) mass is 383 g/mol. The van der Waals surface area contributed by atoms with Crippen LogP contribution in [0.4, 0.5) is 4.79 Å². The van der Waals surface area contributed by atoms with Gasteiger partial charge in [0.25, 0.3) is 0 Å². The summed E-state index contributed by atoms with van der Waals surface area (Å²) in [4.78, 5) is 25.4. The lowest BCUT2D eigenvalue weighted by atomic mass is 9.80. The van der Waals surface area contributed by atoms with Crippen molar-refractivity contribution < 1.29 is 19.1 Å². The molecular weight excluding hydrogens is 361 g/mol. The lowest BCUT2D eigenvalue weighted by molar-refractivity contribution is -0.154. The molecule has 0 atom stereocenters. The number of carbonyl (C=O) groups is 2. The van der Waals surface area contributed by atoms with E-state index < -0.39 is 11.0 Å². The van der Waals surface area contributed by atoms with Gasteiger partial charge >= 0.3 is 12.1 Å². The van der Waals surface area contributed by atoms with Gasteiger partial charge in [0.2, 0.25) is 0 Å². The van der Waals surface area contributed by atoms with Crippen LogP contribution >= 0.6 is 22.6 Å². The minimum absolute atomic E-state index is 0.175. The van der Waals surface area contributed by atoms with E-state index in [0.717, 1.165) is 0 Å². The van der Waals surface area contributed by atoms with E-state index >= 15 is 0 Å². The van der Waals surface area contributed by atoms with Gasteiger partial charge in [0.1, 0.15) is 10.2 Å². The predicted molar refractivity (Wildman–Crippen MR) is 80.1 cm³/mol. The smallest absolute Gasteiger partial charge is 0.410 e. The van der Waals surface area contributed by atoms with Gasteiger partial charge in [0.15, 0.2) is 0 Å². The van der Waals surface area contributed by atoms with Crippen molar-refractivity contribution >= 4 is 34.7 Å². The van der Waals surface area contributed by atoms with Gasteiger partial charge in [-0.15, -0.1) is 0 Å². The summed E-state index contributed by atoms with van der Waals surface area (Å²) >= 11 is 2.01. The predicted octanol–water partition coefficient (Wildman–Crippen LogP) is 2.96.